The Balaban J connectivity index is 1.74. The van der Waals surface area contributed by atoms with E-state index in [4.69, 9.17) is 15.2 Å². The zero-order valence-electron chi connectivity index (χ0n) is 11.0. The molecular weight excluding hydrogens is 244 g/mol. The smallest absolute Gasteiger partial charge is 0.242 e. The summed E-state index contributed by atoms with van der Waals surface area (Å²) in [6.07, 6.45) is 1.59. The minimum atomic E-state index is -0.605. The summed E-state index contributed by atoms with van der Waals surface area (Å²) >= 11 is 0. The third kappa shape index (κ3) is 2.26. The molecule has 3 rings (SSSR count). The molecule has 0 unspecified atom stereocenters. The van der Waals surface area contributed by atoms with Gasteiger partial charge in [0.25, 0.3) is 0 Å². The van der Waals surface area contributed by atoms with Gasteiger partial charge >= 0.3 is 0 Å². The van der Waals surface area contributed by atoms with Crippen molar-refractivity contribution in [2.24, 2.45) is 5.73 Å². The van der Waals surface area contributed by atoms with Gasteiger partial charge in [0, 0.05) is 13.1 Å². The van der Waals surface area contributed by atoms with Gasteiger partial charge in [0.2, 0.25) is 12.7 Å². The molecule has 0 saturated heterocycles. The van der Waals surface area contributed by atoms with E-state index in [-0.39, 0.29) is 12.7 Å². The number of nitrogens with zero attached hydrogens (tertiary/aromatic N) is 1. The van der Waals surface area contributed by atoms with Crippen LogP contribution in [0.1, 0.15) is 25.3 Å². The van der Waals surface area contributed by atoms with E-state index in [1.165, 1.54) is 0 Å². The molecule has 0 bridgehead atoms. The molecule has 2 aliphatic rings. The summed E-state index contributed by atoms with van der Waals surface area (Å²) in [6, 6.07) is 5.76. The fraction of sp³-hybridized carbons (Fsp3) is 0.500. The number of hydrogen-bond acceptors (Lipinski definition) is 4. The Labute approximate surface area is 112 Å². The van der Waals surface area contributed by atoms with E-state index < -0.39 is 5.54 Å². The minimum Gasteiger partial charge on any atom is -0.454 e. The summed E-state index contributed by atoms with van der Waals surface area (Å²) in [6.45, 7) is 3.45. The molecule has 1 amide bonds. The minimum absolute atomic E-state index is 0.0488. The first kappa shape index (κ1) is 12.3. The van der Waals surface area contributed by atoms with Gasteiger partial charge in [-0.05, 0) is 37.5 Å². The Morgan fingerprint density at radius 1 is 1.37 bits per heavy atom. The van der Waals surface area contributed by atoms with Gasteiger partial charge in [-0.2, -0.15) is 0 Å². The maximum Gasteiger partial charge on any atom is 0.242 e. The van der Waals surface area contributed by atoms with Crippen LogP contribution in [0.2, 0.25) is 0 Å². The molecule has 0 aromatic heterocycles. The van der Waals surface area contributed by atoms with Crippen molar-refractivity contribution in [3.63, 3.8) is 0 Å². The van der Waals surface area contributed by atoms with Gasteiger partial charge in [-0.15, -0.1) is 0 Å². The first-order valence-electron chi connectivity index (χ1n) is 6.59. The molecule has 19 heavy (non-hydrogen) atoms. The normalized spacial score (nSPS) is 18.2. The molecule has 0 atom stereocenters. The fourth-order valence-electron chi connectivity index (χ4n) is 2.25. The van der Waals surface area contributed by atoms with E-state index in [9.17, 15) is 4.79 Å². The molecule has 5 heteroatoms. The van der Waals surface area contributed by atoms with Crippen LogP contribution in [0.15, 0.2) is 18.2 Å². The zero-order valence-corrected chi connectivity index (χ0v) is 11.0. The van der Waals surface area contributed by atoms with Crippen LogP contribution in [0.25, 0.3) is 0 Å². The molecule has 1 aliphatic carbocycles. The Bertz CT molecular complexity index is 511. The number of hydrogen-bond donors (Lipinski definition) is 1. The lowest BCUT2D eigenvalue weighted by atomic mass is 10.1. The molecule has 1 fully saturated rings. The summed E-state index contributed by atoms with van der Waals surface area (Å²) < 4.78 is 10.6. The second-order valence-electron chi connectivity index (χ2n) is 5.16. The van der Waals surface area contributed by atoms with Crippen LogP contribution in [0, 0.1) is 0 Å². The predicted molar refractivity (Wildman–Crippen MR) is 69.8 cm³/mol. The maximum absolute atomic E-state index is 12.2. The van der Waals surface area contributed by atoms with Crippen molar-refractivity contribution in [3.05, 3.63) is 23.8 Å². The lowest BCUT2D eigenvalue weighted by Gasteiger charge is -2.24. The van der Waals surface area contributed by atoms with Crippen molar-refractivity contribution in [2.75, 3.05) is 13.3 Å². The number of likely N-dealkylation sites (N-methyl/N-ethyl adjacent to an activating group) is 1. The van der Waals surface area contributed by atoms with Crippen molar-refractivity contribution < 1.29 is 14.3 Å². The Morgan fingerprint density at radius 3 is 2.79 bits per heavy atom. The van der Waals surface area contributed by atoms with Crippen molar-refractivity contribution in [2.45, 2.75) is 31.8 Å². The Hall–Kier alpha value is -1.75. The number of amides is 1. The number of carbonyl (C=O) groups excluding carboxylic acids is 1. The monoisotopic (exact) mass is 262 g/mol. The van der Waals surface area contributed by atoms with Gasteiger partial charge in [-0.3, -0.25) is 4.79 Å². The number of fused-ring (bicyclic) bond motifs is 1. The summed E-state index contributed by atoms with van der Waals surface area (Å²) in [4.78, 5) is 14.0. The van der Waals surface area contributed by atoms with Crippen LogP contribution >= 0.6 is 0 Å². The summed E-state index contributed by atoms with van der Waals surface area (Å²) in [7, 11) is 0. The van der Waals surface area contributed by atoms with Crippen molar-refractivity contribution >= 4 is 5.91 Å². The average molecular weight is 262 g/mol. The van der Waals surface area contributed by atoms with Crippen LogP contribution in [0.5, 0.6) is 11.5 Å². The van der Waals surface area contributed by atoms with E-state index in [1.807, 2.05) is 25.1 Å². The van der Waals surface area contributed by atoms with Crippen LogP contribution in [0.3, 0.4) is 0 Å². The molecule has 5 nitrogen and oxygen atoms in total. The van der Waals surface area contributed by atoms with Gasteiger partial charge in [-0.25, -0.2) is 0 Å². The largest absolute Gasteiger partial charge is 0.454 e. The quantitative estimate of drug-likeness (QED) is 0.887. The van der Waals surface area contributed by atoms with Gasteiger partial charge in [0.05, 0.1) is 5.54 Å². The second kappa shape index (κ2) is 4.42. The highest BCUT2D eigenvalue weighted by molar-refractivity contribution is 5.89. The highest BCUT2D eigenvalue weighted by atomic mass is 16.7. The van der Waals surface area contributed by atoms with Gasteiger partial charge in [0.15, 0.2) is 11.5 Å². The fourth-order valence-corrected chi connectivity index (χ4v) is 2.25. The van der Waals surface area contributed by atoms with Gasteiger partial charge in [-0.1, -0.05) is 6.07 Å². The lowest BCUT2D eigenvalue weighted by Crippen LogP contribution is -2.45. The van der Waals surface area contributed by atoms with E-state index >= 15 is 0 Å². The standard InChI is InChI=1S/C14H18N2O3/c1-2-16(13(17)14(15)5-6-14)8-10-3-4-11-12(7-10)19-9-18-11/h3-4,7H,2,5-6,8-9,15H2,1H3. The van der Waals surface area contributed by atoms with Crippen LogP contribution in [0.4, 0.5) is 0 Å². The average Bonchev–Trinajstić information content (AvgIpc) is 3.01. The van der Waals surface area contributed by atoms with Gasteiger partial charge < -0.3 is 20.1 Å². The molecule has 1 aromatic carbocycles. The molecule has 102 valence electrons. The molecule has 1 saturated carbocycles. The third-order valence-corrected chi connectivity index (χ3v) is 3.69. The third-order valence-electron chi connectivity index (χ3n) is 3.69. The van der Waals surface area contributed by atoms with E-state index in [2.05, 4.69) is 0 Å². The number of nitrogens with two attached hydrogens (primary N) is 1. The molecule has 2 N–H and O–H groups in total. The summed E-state index contributed by atoms with van der Waals surface area (Å²) in [5, 5.41) is 0. The van der Waals surface area contributed by atoms with E-state index in [1.54, 1.807) is 4.90 Å². The molecular formula is C14H18N2O3. The Morgan fingerprint density at radius 2 is 2.11 bits per heavy atom. The number of ether oxygens (including phenoxy) is 2. The topological polar surface area (TPSA) is 64.8 Å². The zero-order chi connectivity index (χ0) is 13.5. The lowest BCUT2D eigenvalue weighted by molar-refractivity contribution is -0.134. The summed E-state index contributed by atoms with van der Waals surface area (Å²) in [5.74, 6) is 1.55. The van der Waals surface area contributed by atoms with E-state index in [0.29, 0.717) is 13.1 Å². The molecule has 1 heterocycles. The highest BCUT2D eigenvalue weighted by Gasteiger charge is 2.47. The number of carbonyl (C=O) groups is 1. The highest BCUT2D eigenvalue weighted by Crippen LogP contribution is 2.35. The van der Waals surface area contributed by atoms with Crippen LogP contribution in [-0.2, 0) is 11.3 Å². The Kier molecular flexibility index (Phi) is 2.86. The molecule has 0 spiro atoms. The molecule has 1 aromatic rings. The SMILES string of the molecule is CCN(Cc1ccc2c(c1)OCO2)C(=O)C1(N)CC1. The predicted octanol–water partition coefficient (Wildman–Crippen LogP) is 1.26. The van der Waals surface area contributed by atoms with Crippen molar-refractivity contribution in [1.82, 2.24) is 4.90 Å². The van der Waals surface area contributed by atoms with Crippen molar-refractivity contribution in [3.8, 4) is 11.5 Å². The first-order valence-corrected chi connectivity index (χ1v) is 6.59. The second-order valence-corrected chi connectivity index (χ2v) is 5.16. The number of benzene rings is 1. The summed E-state index contributed by atoms with van der Waals surface area (Å²) in [5.41, 5.74) is 6.40. The van der Waals surface area contributed by atoms with Gasteiger partial charge in [0.1, 0.15) is 0 Å². The van der Waals surface area contributed by atoms with Crippen LogP contribution in [-0.4, -0.2) is 29.7 Å². The first-order chi connectivity index (χ1) is 9.12. The maximum atomic E-state index is 12.2. The molecule has 0 radical (unpaired) electrons. The number of rotatable bonds is 4. The van der Waals surface area contributed by atoms with E-state index in [0.717, 1.165) is 29.9 Å². The van der Waals surface area contributed by atoms with Crippen molar-refractivity contribution in [1.29, 1.82) is 0 Å². The van der Waals surface area contributed by atoms with Crippen LogP contribution < -0.4 is 15.2 Å². The molecule has 1 aliphatic heterocycles.